The Balaban J connectivity index is 1.34. The molecule has 0 spiro atoms. The van der Waals surface area contributed by atoms with E-state index >= 15 is 0 Å². The summed E-state index contributed by atoms with van der Waals surface area (Å²) < 4.78 is 20.7. The minimum Gasteiger partial charge on any atom is -0.468 e. The molecule has 1 aromatic carbocycles. The van der Waals surface area contributed by atoms with Crippen LogP contribution in [0.25, 0.3) is 10.9 Å². The van der Waals surface area contributed by atoms with Gasteiger partial charge in [0.1, 0.15) is 11.7 Å². The number of aliphatic imine (C=N–C) groups is 2. The highest BCUT2D eigenvalue weighted by molar-refractivity contribution is 5.94. The highest BCUT2D eigenvalue weighted by atomic mass is 19.1. The van der Waals surface area contributed by atoms with Crippen LogP contribution in [-0.2, 0) is 0 Å². The fourth-order valence-corrected chi connectivity index (χ4v) is 4.22. The van der Waals surface area contributed by atoms with Crippen molar-refractivity contribution < 1.29 is 9.13 Å². The first-order chi connectivity index (χ1) is 17.0. The second kappa shape index (κ2) is 9.91. The van der Waals surface area contributed by atoms with Crippen molar-refractivity contribution in [1.29, 1.82) is 0 Å². The largest absolute Gasteiger partial charge is 0.468 e. The molecule has 5 rings (SSSR count). The number of fused-ring (bicyclic) bond motifs is 1. The van der Waals surface area contributed by atoms with Gasteiger partial charge in [-0.25, -0.2) is 14.4 Å². The van der Waals surface area contributed by atoms with E-state index in [-0.39, 0.29) is 18.3 Å². The summed E-state index contributed by atoms with van der Waals surface area (Å²) in [6, 6.07) is 7.22. The first kappa shape index (κ1) is 23.1. The number of rotatable bonds is 8. The standard InChI is InChI=1S/C25H31FN8O/c1-16-12-18-19(29-16)6-7-21(25(18)26)35-15-28-24(34-10-8-33(3)9-11-34)14-22(27-2)30-23-13-20(31-32-23)17-4-5-17/h6-7,12-14,17,29H,2,4-5,8-11,15H2,1,3H3,(H2,30,31,32)/b22-14+,28-24+. The summed E-state index contributed by atoms with van der Waals surface area (Å²) in [4.78, 5) is 16.4. The predicted octanol–water partition coefficient (Wildman–Crippen LogP) is 3.85. The normalized spacial score (nSPS) is 17.7. The summed E-state index contributed by atoms with van der Waals surface area (Å²) in [5.41, 5.74) is 2.77. The molecule has 2 aromatic heterocycles. The Bertz CT molecular complexity index is 1260. The van der Waals surface area contributed by atoms with E-state index < -0.39 is 0 Å². The van der Waals surface area contributed by atoms with Gasteiger partial charge < -0.3 is 24.8 Å². The van der Waals surface area contributed by atoms with Gasteiger partial charge in [0, 0.05) is 66.5 Å². The minimum absolute atomic E-state index is 0.0251. The van der Waals surface area contributed by atoms with Crippen LogP contribution in [0.2, 0.25) is 0 Å². The number of likely N-dealkylation sites (N-methyl/N-ethyl adjacent to an activating group) is 1. The van der Waals surface area contributed by atoms with E-state index in [1.807, 2.05) is 25.1 Å². The summed E-state index contributed by atoms with van der Waals surface area (Å²) in [7, 11) is 2.10. The number of hydrogen-bond acceptors (Lipinski definition) is 6. The van der Waals surface area contributed by atoms with Crippen molar-refractivity contribution in [2.24, 2.45) is 9.98 Å². The zero-order valence-corrected chi connectivity index (χ0v) is 20.1. The van der Waals surface area contributed by atoms with Crippen molar-refractivity contribution in [1.82, 2.24) is 25.0 Å². The Kier molecular flexibility index (Phi) is 6.54. The van der Waals surface area contributed by atoms with Crippen LogP contribution in [0.5, 0.6) is 5.75 Å². The lowest BCUT2D eigenvalue weighted by molar-refractivity contribution is 0.214. The van der Waals surface area contributed by atoms with Gasteiger partial charge in [-0.15, -0.1) is 0 Å². The molecule has 2 aliphatic rings. The smallest absolute Gasteiger partial charge is 0.181 e. The van der Waals surface area contributed by atoms with Crippen LogP contribution in [0.1, 0.15) is 30.1 Å². The highest BCUT2D eigenvalue weighted by Crippen LogP contribution is 2.39. The van der Waals surface area contributed by atoms with E-state index in [1.54, 1.807) is 12.1 Å². The topological polar surface area (TPSA) is 96.9 Å². The molecular weight excluding hydrogens is 447 g/mol. The summed E-state index contributed by atoms with van der Waals surface area (Å²) in [5.74, 6) is 2.29. The van der Waals surface area contributed by atoms with Crippen molar-refractivity contribution in [3.63, 3.8) is 0 Å². The number of ether oxygens (including phenoxy) is 1. The van der Waals surface area contributed by atoms with Gasteiger partial charge in [0.2, 0.25) is 0 Å². The zero-order valence-electron chi connectivity index (χ0n) is 20.1. The summed E-state index contributed by atoms with van der Waals surface area (Å²) in [6.45, 7) is 9.04. The average Bonchev–Trinajstić information content (AvgIpc) is 3.47. The molecule has 3 aromatic rings. The summed E-state index contributed by atoms with van der Waals surface area (Å²) in [5, 5.41) is 11.2. The molecule has 0 amide bonds. The molecular formula is C25H31FN8O. The predicted molar refractivity (Wildman–Crippen MR) is 137 cm³/mol. The van der Waals surface area contributed by atoms with Gasteiger partial charge in [0.15, 0.2) is 24.1 Å². The number of aromatic nitrogens is 3. The lowest BCUT2D eigenvalue weighted by atomic mass is 10.2. The van der Waals surface area contributed by atoms with E-state index in [9.17, 15) is 4.39 Å². The number of benzene rings is 1. The number of H-pyrrole nitrogens is 2. The minimum atomic E-state index is -0.390. The van der Waals surface area contributed by atoms with Crippen LogP contribution in [0, 0.1) is 12.7 Å². The quantitative estimate of drug-likeness (QED) is 0.338. The number of halogens is 1. The van der Waals surface area contributed by atoms with Gasteiger partial charge >= 0.3 is 0 Å². The van der Waals surface area contributed by atoms with Crippen LogP contribution in [0.15, 0.2) is 46.1 Å². The van der Waals surface area contributed by atoms with Crippen molar-refractivity contribution in [2.75, 3.05) is 45.3 Å². The maximum atomic E-state index is 14.9. The van der Waals surface area contributed by atoms with Gasteiger partial charge in [-0.05, 0) is 51.7 Å². The lowest BCUT2D eigenvalue weighted by Crippen LogP contribution is -2.47. The Morgan fingerprint density at radius 3 is 2.83 bits per heavy atom. The second-order valence-electron chi connectivity index (χ2n) is 9.17. The first-order valence-corrected chi connectivity index (χ1v) is 11.9. The van der Waals surface area contributed by atoms with Gasteiger partial charge in [0.25, 0.3) is 0 Å². The monoisotopic (exact) mass is 478 g/mol. The maximum Gasteiger partial charge on any atom is 0.181 e. The van der Waals surface area contributed by atoms with E-state index in [2.05, 4.69) is 54.0 Å². The maximum absolute atomic E-state index is 14.9. The van der Waals surface area contributed by atoms with Gasteiger partial charge in [0.05, 0.1) is 0 Å². The fraction of sp³-hybridized carbons (Fsp3) is 0.400. The Hall–Kier alpha value is -3.66. The number of piperazine rings is 1. The number of nitrogens with zero attached hydrogens (tertiary/aromatic N) is 5. The molecule has 1 aliphatic heterocycles. The van der Waals surface area contributed by atoms with Crippen LogP contribution in [-0.4, -0.2) is 77.5 Å². The number of anilines is 1. The third kappa shape index (κ3) is 5.37. The molecule has 184 valence electrons. The Morgan fingerprint density at radius 2 is 2.09 bits per heavy atom. The number of aryl methyl sites for hydroxylation is 1. The molecule has 3 heterocycles. The van der Waals surface area contributed by atoms with Crippen molar-refractivity contribution in [3.05, 3.63) is 53.4 Å². The van der Waals surface area contributed by atoms with Crippen molar-refractivity contribution in [3.8, 4) is 5.75 Å². The van der Waals surface area contributed by atoms with Crippen molar-refractivity contribution in [2.45, 2.75) is 25.7 Å². The number of hydrogen-bond donors (Lipinski definition) is 3. The number of aromatic amines is 2. The Morgan fingerprint density at radius 1 is 1.29 bits per heavy atom. The van der Waals surface area contributed by atoms with E-state index in [0.717, 1.165) is 43.1 Å². The molecule has 2 fully saturated rings. The van der Waals surface area contributed by atoms with Gasteiger partial charge in [-0.1, -0.05) is 0 Å². The zero-order chi connectivity index (χ0) is 24.4. The third-order valence-corrected chi connectivity index (χ3v) is 6.42. The van der Waals surface area contributed by atoms with E-state index in [0.29, 0.717) is 28.8 Å². The lowest BCUT2D eigenvalue weighted by Gasteiger charge is -2.33. The number of nitrogens with one attached hydrogen (secondary N) is 3. The third-order valence-electron chi connectivity index (χ3n) is 6.42. The molecule has 3 N–H and O–H groups in total. The first-order valence-electron chi connectivity index (χ1n) is 11.9. The van der Waals surface area contributed by atoms with Crippen LogP contribution in [0.4, 0.5) is 10.2 Å². The van der Waals surface area contributed by atoms with Crippen LogP contribution < -0.4 is 10.1 Å². The van der Waals surface area contributed by atoms with Gasteiger partial charge in [-0.2, -0.15) is 5.10 Å². The molecule has 0 atom stereocenters. The van der Waals surface area contributed by atoms with E-state index in [1.165, 1.54) is 12.8 Å². The molecule has 0 radical (unpaired) electrons. The van der Waals surface area contributed by atoms with Gasteiger partial charge in [-0.3, -0.25) is 5.10 Å². The second-order valence-corrected chi connectivity index (χ2v) is 9.17. The van der Waals surface area contributed by atoms with Crippen molar-refractivity contribution >= 4 is 29.3 Å². The summed E-state index contributed by atoms with van der Waals surface area (Å²) >= 11 is 0. The van der Waals surface area contributed by atoms with Crippen LogP contribution >= 0.6 is 0 Å². The Labute approximate surface area is 203 Å². The summed E-state index contributed by atoms with van der Waals surface area (Å²) in [6.07, 6.45) is 4.23. The van der Waals surface area contributed by atoms with Crippen LogP contribution in [0.3, 0.4) is 0 Å². The molecule has 10 heteroatoms. The molecule has 0 bridgehead atoms. The molecule has 1 aliphatic carbocycles. The molecule has 35 heavy (non-hydrogen) atoms. The molecule has 1 saturated heterocycles. The average molecular weight is 479 g/mol. The highest BCUT2D eigenvalue weighted by Gasteiger charge is 2.25. The van der Waals surface area contributed by atoms with E-state index in [4.69, 9.17) is 4.74 Å². The molecule has 0 unspecified atom stereocenters. The SMILES string of the molecule is C=N/C(=C\C(=N/COc1ccc2[nH]c(C)cc2c1F)N1CCN(C)CC1)Nc1cc(C2CC2)[nH]n1. The fourth-order valence-electron chi connectivity index (χ4n) is 4.22. The molecule has 1 saturated carbocycles. The molecule has 9 nitrogen and oxygen atoms in total. The number of amidine groups is 1.